The standard InChI is InChI=1S/C20H15N3O3S/c1-11-21-18(23-13-7-8-16(24)14(9-13)20(25)26)17-15(10-27-19(17)22-11)12-5-3-2-4-6-12/h2-10,24H,1H3,(H,25,26)(H,21,22,23). The summed E-state index contributed by atoms with van der Waals surface area (Å²) in [6, 6.07) is 14.3. The van der Waals surface area contributed by atoms with E-state index >= 15 is 0 Å². The predicted molar refractivity (Wildman–Crippen MR) is 106 cm³/mol. The number of anilines is 2. The number of aromatic hydroxyl groups is 1. The largest absolute Gasteiger partial charge is 0.507 e. The number of aryl methyl sites for hydroxylation is 1. The molecule has 0 fully saturated rings. The second kappa shape index (κ2) is 6.69. The first kappa shape index (κ1) is 17.0. The van der Waals surface area contributed by atoms with Crippen LogP contribution in [-0.2, 0) is 0 Å². The van der Waals surface area contributed by atoms with Crippen LogP contribution in [0.5, 0.6) is 5.75 Å². The lowest BCUT2D eigenvalue weighted by Gasteiger charge is -2.11. The Balaban J connectivity index is 1.86. The molecule has 0 aliphatic rings. The first-order chi connectivity index (χ1) is 13.0. The molecule has 0 aliphatic carbocycles. The summed E-state index contributed by atoms with van der Waals surface area (Å²) in [6.07, 6.45) is 0. The van der Waals surface area contributed by atoms with Gasteiger partial charge in [-0.05, 0) is 30.7 Å². The van der Waals surface area contributed by atoms with Crippen molar-refractivity contribution in [1.82, 2.24) is 9.97 Å². The van der Waals surface area contributed by atoms with E-state index in [-0.39, 0.29) is 11.3 Å². The third kappa shape index (κ3) is 3.20. The molecule has 2 heterocycles. The van der Waals surface area contributed by atoms with Crippen molar-refractivity contribution in [3.05, 3.63) is 65.3 Å². The summed E-state index contributed by atoms with van der Waals surface area (Å²) < 4.78 is 0. The second-order valence-corrected chi connectivity index (χ2v) is 6.84. The number of carboxylic acids is 1. The van der Waals surface area contributed by atoms with Crippen molar-refractivity contribution in [2.45, 2.75) is 6.92 Å². The second-order valence-electron chi connectivity index (χ2n) is 5.98. The van der Waals surface area contributed by atoms with Crippen LogP contribution in [0.4, 0.5) is 11.5 Å². The van der Waals surface area contributed by atoms with E-state index in [0.717, 1.165) is 21.3 Å². The van der Waals surface area contributed by atoms with Crippen molar-refractivity contribution in [1.29, 1.82) is 0 Å². The van der Waals surface area contributed by atoms with Gasteiger partial charge in [0.05, 0.1) is 5.39 Å². The molecule has 134 valence electrons. The molecular formula is C20H15N3O3S. The Bertz CT molecular complexity index is 1160. The highest BCUT2D eigenvalue weighted by atomic mass is 32.1. The van der Waals surface area contributed by atoms with Crippen molar-refractivity contribution >= 4 is 39.0 Å². The normalized spacial score (nSPS) is 10.9. The molecule has 6 nitrogen and oxygen atoms in total. The number of nitrogens with zero attached hydrogens (tertiary/aromatic N) is 2. The van der Waals surface area contributed by atoms with Gasteiger partial charge >= 0.3 is 5.97 Å². The summed E-state index contributed by atoms with van der Waals surface area (Å²) >= 11 is 1.53. The Hall–Kier alpha value is -3.45. The lowest BCUT2D eigenvalue weighted by molar-refractivity contribution is 0.0694. The van der Waals surface area contributed by atoms with E-state index in [9.17, 15) is 15.0 Å². The lowest BCUT2D eigenvalue weighted by Crippen LogP contribution is -2.01. The summed E-state index contributed by atoms with van der Waals surface area (Å²) in [6.45, 7) is 1.81. The van der Waals surface area contributed by atoms with E-state index in [1.807, 2.05) is 42.6 Å². The molecule has 0 spiro atoms. The number of hydrogen-bond donors (Lipinski definition) is 3. The molecule has 0 saturated heterocycles. The first-order valence-electron chi connectivity index (χ1n) is 8.17. The molecule has 4 rings (SSSR count). The SMILES string of the molecule is Cc1nc(Nc2ccc(O)c(C(=O)O)c2)c2c(-c3ccccc3)csc2n1. The zero-order valence-electron chi connectivity index (χ0n) is 14.3. The van der Waals surface area contributed by atoms with Crippen molar-refractivity contribution < 1.29 is 15.0 Å². The molecule has 0 aliphatic heterocycles. The van der Waals surface area contributed by atoms with Crippen molar-refractivity contribution in [3.8, 4) is 16.9 Å². The van der Waals surface area contributed by atoms with Crippen LogP contribution in [0.1, 0.15) is 16.2 Å². The summed E-state index contributed by atoms with van der Waals surface area (Å²) in [5, 5.41) is 25.0. The van der Waals surface area contributed by atoms with Crippen LogP contribution < -0.4 is 5.32 Å². The number of nitrogens with one attached hydrogen (secondary N) is 1. The number of carboxylic acid groups (broad SMARTS) is 1. The predicted octanol–water partition coefficient (Wildman–Crippen LogP) is 4.81. The van der Waals surface area contributed by atoms with E-state index in [0.29, 0.717) is 17.3 Å². The van der Waals surface area contributed by atoms with Gasteiger partial charge in [-0.3, -0.25) is 0 Å². The number of hydrogen-bond acceptors (Lipinski definition) is 6. The number of carbonyl (C=O) groups is 1. The molecule has 3 N–H and O–H groups in total. The van der Waals surface area contributed by atoms with Crippen molar-refractivity contribution in [2.75, 3.05) is 5.32 Å². The highest BCUT2D eigenvalue weighted by molar-refractivity contribution is 7.17. The number of rotatable bonds is 4. The van der Waals surface area contributed by atoms with E-state index in [4.69, 9.17) is 0 Å². The molecule has 0 unspecified atom stereocenters. The molecular weight excluding hydrogens is 362 g/mol. The molecule has 27 heavy (non-hydrogen) atoms. The molecule has 0 bridgehead atoms. The van der Waals surface area contributed by atoms with E-state index in [1.165, 1.54) is 23.5 Å². The van der Waals surface area contributed by atoms with Gasteiger partial charge in [0.15, 0.2) is 0 Å². The fourth-order valence-corrected chi connectivity index (χ4v) is 3.88. The van der Waals surface area contributed by atoms with Gasteiger partial charge in [0.25, 0.3) is 0 Å². The third-order valence-corrected chi connectivity index (χ3v) is 4.99. The quantitative estimate of drug-likeness (QED) is 0.442. The van der Waals surface area contributed by atoms with Crippen LogP contribution in [-0.4, -0.2) is 26.2 Å². The number of aromatic carboxylic acids is 1. The zero-order chi connectivity index (χ0) is 19.0. The molecule has 0 amide bonds. The maximum atomic E-state index is 11.3. The Morgan fingerprint density at radius 3 is 2.63 bits per heavy atom. The Kier molecular flexibility index (Phi) is 4.21. The molecule has 7 heteroatoms. The smallest absolute Gasteiger partial charge is 0.339 e. The van der Waals surface area contributed by atoms with E-state index in [1.54, 1.807) is 6.07 Å². The van der Waals surface area contributed by atoms with Crippen molar-refractivity contribution in [3.63, 3.8) is 0 Å². The Morgan fingerprint density at radius 2 is 1.89 bits per heavy atom. The van der Waals surface area contributed by atoms with Crippen LogP contribution in [0.2, 0.25) is 0 Å². The minimum atomic E-state index is -1.19. The molecule has 0 atom stereocenters. The monoisotopic (exact) mass is 377 g/mol. The first-order valence-corrected chi connectivity index (χ1v) is 9.05. The fraction of sp³-hybridized carbons (Fsp3) is 0.0500. The van der Waals surface area contributed by atoms with E-state index in [2.05, 4.69) is 15.3 Å². The molecule has 0 saturated carbocycles. The highest BCUT2D eigenvalue weighted by Crippen LogP contribution is 2.38. The third-order valence-electron chi connectivity index (χ3n) is 4.12. The lowest BCUT2D eigenvalue weighted by atomic mass is 10.1. The average Bonchev–Trinajstić information content (AvgIpc) is 3.07. The topological polar surface area (TPSA) is 95.3 Å². The van der Waals surface area contributed by atoms with Crippen LogP contribution in [0.3, 0.4) is 0 Å². The molecule has 2 aromatic carbocycles. The van der Waals surface area contributed by atoms with Gasteiger partial charge in [-0.25, -0.2) is 14.8 Å². The van der Waals surface area contributed by atoms with Crippen LogP contribution in [0, 0.1) is 6.92 Å². The molecule has 2 aromatic heterocycles. The number of phenols is 1. The summed E-state index contributed by atoms with van der Waals surface area (Å²) in [7, 11) is 0. The minimum Gasteiger partial charge on any atom is -0.507 e. The van der Waals surface area contributed by atoms with Crippen LogP contribution in [0.25, 0.3) is 21.3 Å². The maximum absolute atomic E-state index is 11.3. The molecule has 0 radical (unpaired) electrons. The number of aromatic nitrogens is 2. The van der Waals surface area contributed by atoms with Gasteiger partial charge in [-0.2, -0.15) is 0 Å². The van der Waals surface area contributed by atoms with Crippen LogP contribution >= 0.6 is 11.3 Å². The number of thiophene rings is 1. The number of benzene rings is 2. The fourth-order valence-electron chi connectivity index (χ4n) is 2.89. The summed E-state index contributed by atoms with van der Waals surface area (Å²) in [5.74, 6) is -0.262. The van der Waals surface area contributed by atoms with Gasteiger partial charge in [-0.15, -0.1) is 11.3 Å². The zero-order valence-corrected chi connectivity index (χ0v) is 15.1. The van der Waals surface area contributed by atoms with E-state index < -0.39 is 5.97 Å². The van der Waals surface area contributed by atoms with Gasteiger partial charge in [0.1, 0.15) is 27.8 Å². The summed E-state index contributed by atoms with van der Waals surface area (Å²) in [5.41, 5.74) is 2.41. The van der Waals surface area contributed by atoms with Gasteiger partial charge in [-0.1, -0.05) is 30.3 Å². The minimum absolute atomic E-state index is 0.171. The van der Waals surface area contributed by atoms with Gasteiger partial charge in [0.2, 0.25) is 0 Å². The summed E-state index contributed by atoms with van der Waals surface area (Å²) in [4.78, 5) is 21.2. The molecule has 4 aromatic rings. The Labute approximate surface area is 158 Å². The van der Waals surface area contributed by atoms with Crippen LogP contribution in [0.15, 0.2) is 53.9 Å². The highest BCUT2D eigenvalue weighted by Gasteiger charge is 2.16. The van der Waals surface area contributed by atoms with Crippen molar-refractivity contribution in [2.24, 2.45) is 0 Å². The number of fused-ring (bicyclic) bond motifs is 1. The van der Waals surface area contributed by atoms with Gasteiger partial charge in [0, 0.05) is 16.6 Å². The Morgan fingerprint density at radius 1 is 1.11 bits per heavy atom. The maximum Gasteiger partial charge on any atom is 0.339 e. The van der Waals surface area contributed by atoms with Gasteiger partial charge < -0.3 is 15.5 Å². The average molecular weight is 377 g/mol.